The molecule has 0 amide bonds. The van der Waals surface area contributed by atoms with Gasteiger partial charge in [0.15, 0.2) is 0 Å². The van der Waals surface area contributed by atoms with Gasteiger partial charge >= 0.3 is 11.9 Å². The Hall–Kier alpha value is -2.26. The van der Waals surface area contributed by atoms with Crippen LogP contribution in [0.5, 0.6) is 0 Å². The van der Waals surface area contributed by atoms with Gasteiger partial charge in [-0.15, -0.1) is 6.58 Å². The van der Waals surface area contributed by atoms with Gasteiger partial charge in [0.25, 0.3) is 0 Å². The van der Waals surface area contributed by atoms with Crippen LogP contribution in [0.3, 0.4) is 0 Å². The van der Waals surface area contributed by atoms with Crippen molar-refractivity contribution in [3.05, 3.63) is 49.1 Å². The van der Waals surface area contributed by atoms with Gasteiger partial charge < -0.3 is 29.9 Å². The number of fused-ring (bicyclic) bond motifs is 4. The maximum atomic E-state index is 12.7. The van der Waals surface area contributed by atoms with Gasteiger partial charge in [0, 0.05) is 16.7 Å². The van der Waals surface area contributed by atoms with Gasteiger partial charge in [-0.3, -0.25) is 9.59 Å². The molecule has 8 nitrogen and oxygen atoms in total. The van der Waals surface area contributed by atoms with Crippen molar-refractivity contribution in [2.45, 2.75) is 128 Å². The van der Waals surface area contributed by atoms with Crippen LogP contribution < -0.4 is 0 Å². The predicted molar refractivity (Wildman–Crippen MR) is 180 cm³/mol. The zero-order valence-corrected chi connectivity index (χ0v) is 29.4. The monoisotopic (exact) mass is 664 g/mol. The second kappa shape index (κ2) is 10.6. The average molecular weight is 665 g/mol. The number of ether oxygens (including phenoxy) is 2. The van der Waals surface area contributed by atoms with E-state index in [9.17, 15) is 30.0 Å². The molecule has 0 bridgehead atoms. The van der Waals surface area contributed by atoms with Gasteiger partial charge in [-0.25, -0.2) is 0 Å². The van der Waals surface area contributed by atoms with E-state index < -0.39 is 69.2 Å². The molecular formula is C40H56O8. The van der Waals surface area contributed by atoms with Gasteiger partial charge in [0.05, 0.1) is 12.2 Å². The van der Waals surface area contributed by atoms with Crippen molar-refractivity contribution in [3.8, 4) is 0 Å². The average Bonchev–Trinajstić information content (AvgIpc) is 3.39. The molecule has 8 rings (SSSR count). The smallest absolute Gasteiger partial charge is 0.317 e. The van der Waals surface area contributed by atoms with Crippen molar-refractivity contribution < 1.29 is 39.5 Å². The van der Waals surface area contributed by atoms with Crippen molar-refractivity contribution in [1.82, 2.24) is 0 Å². The Labute approximate surface area is 285 Å². The van der Waals surface area contributed by atoms with Gasteiger partial charge in [-0.1, -0.05) is 57.7 Å². The molecule has 4 N–H and O–H groups in total. The number of carbonyl (C=O) groups excluding carboxylic acids is 2. The molecule has 0 aromatic carbocycles. The molecule has 264 valence electrons. The molecule has 16 atom stereocenters. The summed E-state index contributed by atoms with van der Waals surface area (Å²) in [6.07, 6.45) is 9.96. The highest BCUT2D eigenvalue weighted by atomic mass is 16.6. The fourth-order valence-corrected chi connectivity index (χ4v) is 13.4. The van der Waals surface area contributed by atoms with Crippen LogP contribution in [-0.2, 0) is 19.1 Å². The molecule has 2 saturated heterocycles. The first-order valence-corrected chi connectivity index (χ1v) is 18.3. The summed E-state index contributed by atoms with van der Waals surface area (Å²) in [4.78, 5) is 25.3. The molecular weight excluding hydrogens is 608 g/mol. The van der Waals surface area contributed by atoms with E-state index in [0.29, 0.717) is 55.8 Å². The predicted octanol–water partition coefficient (Wildman–Crippen LogP) is 5.20. The Balaban J connectivity index is 0.000000152. The molecule has 0 radical (unpaired) electrons. The fourth-order valence-electron chi connectivity index (χ4n) is 13.4. The quantitative estimate of drug-likeness (QED) is 0.234. The van der Waals surface area contributed by atoms with Crippen molar-refractivity contribution in [2.24, 2.45) is 57.2 Å². The SMILES string of the molecule is C=CC1=CCC2C(CC3OC(=O)C4(C)C(O)CCC2(C)C34O)C1C.C=CC1C(=C)CCC2C1CC1OC(=O)C3(C)C(O)CCC2(C)C13O. The summed E-state index contributed by atoms with van der Waals surface area (Å²) in [5, 5.41) is 44.9. The van der Waals surface area contributed by atoms with Crippen LogP contribution in [0, 0.1) is 57.2 Å². The van der Waals surface area contributed by atoms with Crippen LogP contribution in [0.4, 0.5) is 0 Å². The molecule has 5 saturated carbocycles. The normalized spacial score (nSPS) is 56.1. The number of aliphatic hydroxyl groups is 4. The molecule has 7 fully saturated rings. The van der Waals surface area contributed by atoms with Crippen LogP contribution in [-0.4, -0.2) is 68.0 Å². The third kappa shape index (κ3) is 3.66. The Morgan fingerprint density at radius 1 is 0.812 bits per heavy atom. The highest BCUT2D eigenvalue weighted by molar-refractivity contribution is 5.83. The summed E-state index contributed by atoms with van der Waals surface area (Å²) in [5.41, 5.74) is -3.47. The zero-order valence-electron chi connectivity index (χ0n) is 29.4. The third-order valence-electron chi connectivity index (χ3n) is 16.4. The van der Waals surface area contributed by atoms with Crippen LogP contribution in [0.25, 0.3) is 0 Å². The minimum absolute atomic E-state index is 0.211. The molecule has 6 aliphatic carbocycles. The van der Waals surface area contributed by atoms with E-state index in [1.165, 1.54) is 11.1 Å². The Kier molecular flexibility index (Phi) is 7.57. The van der Waals surface area contributed by atoms with Gasteiger partial charge in [-0.05, 0) is 107 Å². The van der Waals surface area contributed by atoms with E-state index in [4.69, 9.17) is 9.47 Å². The van der Waals surface area contributed by atoms with E-state index in [1.807, 2.05) is 12.2 Å². The number of hydrogen-bond donors (Lipinski definition) is 4. The molecule has 2 heterocycles. The van der Waals surface area contributed by atoms with Crippen LogP contribution in [0.15, 0.2) is 49.1 Å². The van der Waals surface area contributed by atoms with Crippen LogP contribution in [0.2, 0.25) is 0 Å². The summed E-state index contributed by atoms with van der Waals surface area (Å²) in [6, 6.07) is 0. The second-order valence-corrected chi connectivity index (χ2v) is 17.6. The van der Waals surface area contributed by atoms with E-state index in [0.717, 1.165) is 25.7 Å². The Morgan fingerprint density at radius 3 is 1.81 bits per heavy atom. The van der Waals surface area contributed by atoms with Crippen molar-refractivity contribution >= 4 is 11.9 Å². The van der Waals surface area contributed by atoms with Gasteiger partial charge in [0.1, 0.15) is 34.2 Å². The van der Waals surface area contributed by atoms with Crippen LogP contribution >= 0.6 is 0 Å². The summed E-state index contributed by atoms with van der Waals surface area (Å²) in [5.74, 6) is 0.917. The lowest BCUT2D eigenvalue weighted by atomic mass is 9.40. The van der Waals surface area contributed by atoms with E-state index in [1.54, 1.807) is 13.8 Å². The molecule has 8 aliphatic rings. The van der Waals surface area contributed by atoms with Gasteiger partial charge in [-0.2, -0.15) is 0 Å². The van der Waals surface area contributed by atoms with E-state index in [2.05, 4.69) is 46.6 Å². The molecule has 48 heavy (non-hydrogen) atoms. The maximum Gasteiger partial charge on any atom is 0.317 e. The molecule has 8 heteroatoms. The summed E-state index contributed by atoms with van der Waals surface area (Å²) in [7, 11) is 0. The first-order valence-electron chi connectivity index (χ1n) is 18.3. The lowest BCUT2D eigenvalue weighted by Crippen LogP contribution is -2.73. The lowest BCUT2D eigenvalue weighted by Gasteiger charge is -2.64. The molecule has 0 spiro atoms. The first kappa shape index (κ1) is 34.2. The largest absolute Gasteiger partial charge is 0.459 e. The molecule has 0 aromatic heterocycles. The molecule has 0 aromatic rings. The lowest BCUT2D eigenvalue weighted by molar-refractivity contribution is -0.267. The third-order valence-corrected chi connectivity index (χ3v) is 16.4. The number of carbonyl (C=O) groups is 2. The maximum absolute atomic E-state index is 12.7. The van der Waals surface area contributed by atoms with E-state index in [-0.39, 0.29) is 11.8 Å². The topological polar surface area (TPSA) is 134 Å². The standard InChI is InChI=1S/2C20H28O4/c1-5-12-6-7-14-13(11(12)2)10-16-20(23)18(14,3)9-8-15(21)19(20,4)17(22)24-16;1-5-12-11(2)6-7-14-13(12)10-16-20(23)18(14,3)9-8-15(21)19(20,4)17(22)24-16/h5-6,11,13-16,21,23H,1,7-10H2,2-4H3;5,12-16,21,23H,1-2,6-10H2,3-4H3. The number of hydrogen-bond acceptors (Lipinski definition) is 8. The second-order valence-electron chi connectivity index (χ2n) is 17.6. The number of allylic oxidation sites excluding steroid dienone is 5. The minimum Gasteiger partial charge on any atom is -0.459 e. The minimum atomic E-state index is -1.31. The van der Waals surface area contributed by atoms with Crippen LogP contribution in [0.1, 0.15) is 92.4 Å². The Morgan fingerprint density at radius 2 is 1.31 bits per heavy atom. The van der Waals surface area contributed by atoms with Gasteiger partial charge in [0.2, 0.25) is 0 Å². The Bertz CT molecular complexity index is 1480. The molecule has 16 unspecified atom stereocenters. The highest BCUT2D eigenvalue weighted by Gasteiger charge is 2.81. The summed E-state index contributed by atoms with van der Waals surface area (Å²) < 4.78 is 11.4. The fraction of sp³-hybridized carbons (Fsp3) is 0.750. The summed E-state index contributed by atoms with van der Waals surface area (Å²) >= 11 is 0. The number of aliphatic hydroxyl groups excluding tert-OH is 2. The summed E-state index contributed by atoms with van der Waals surface area (Å²) in [6.45, 7) is 22.0. The first-order chi connectivity index (χ1) is 22.4. The molecule has 2 aliphatic heterocycles. The zero-order chi connectivity index (χ0) is 35.0. The van der Waals surface area contributed by atoms with Crippen molar-refractivity contribution in [3.63, 3.8) is 0 Å². The highest BCUT2D eigenvalue weighted by Crippen LogP contribution is 2.71. The van der Waals surface area contributed by atoms with E-state index >= 15 is 0 Å². The number of esters is 2. The van der Waals surface area contributed by atoms with Crippen molar-refractivity contribution in [2.75, 3.05) is 0 Å². The van der Waals surface area contributed by atoms with Crippen molar-refractivity contribution in [1.29, 1.82) is 0 Å². The number of rotatable bonds is 2.